The molecule has 0 unspecified atom stereocenters. The monoisotopic (exact) mass is 368 g/mol. The van der Waals surface area contributed by atoms with Crippen LogP contribution < -0.4 is 5.32 Å². The minimum absolute atomic E-state index is 0.0458. The van der Waals surface area contributed by atoms with Crippen molar-refractivity contribution in [1.82, 2.24) is 10.2 Å². The predicted octanol–water partition coefficient (Wildman–Crippen LogP) is 1.89. The first-order chi connectivity index (χ1) is 12.4. The van der Waals surface area contributed by atoms with E-state index in [2.05, 4.69) is 5.32 Å². The number of carbonyl (C=O) groups excluding carboxylic acids is 3. The highest BCUT2D eigenvalue weighted by atomic mass is 19.1. The zero-order valence-corrected chi connectivity index (χ0v) is 14.6. The number of hydrogen-bond donors (Lipinski definition) is 1. The molecule has 2 rings (SSSR count). The summed E-state index contributed by atoms with van der Waals surface area (Å²) in [4.78, 5) is 37.1. The molecule has 0 spiro atoms. The fourth-order valence-electron chi connectivity index (χ4n) is 2.90. The second-order valence-corrected chi connectivity index (χ2v) is 6.16. The van der Waals surface area contributed by atoms with Crippen LogP contribution in [0.25, 0.3) is 0 Å². The average molecular weight is 368 g/mol. The molecule has 0 aliphatic carbocycles. The summed E-state index contributed by atoms with van der Waals surface area (Å²) in [7, 11) is 1.35. The van der Waals surface area contributed by atoms with Crippen LogP contribution in [0.3, 0.4) is 0 Å². The van der Waals surface area contributed by atoms with E-state index in [1.807, 2.05) is 0 Å². The number of benzene rings is 1. The first-order valence-electron chi connectivity index (χ1n) is 8.51. The molecule has 6 nitrogen and oxygen atoms in total. The van der Waals surface area contributed by atoms with Gasteiger partial charge in [0.05, 0.1) is 18.6 Å². The van der Waals surface area contributed by atoms with Crippen molar-refractivity contribution < 1.29 is 27.9 Å². The molecule has 1 aliphatic rings. The van der Waals surface area contributed by atoms with E-state index in [1.54, 1.807) is 4.90 Å². The third kappa shape index (κ3) is 5.24. The Bertz CT molecular complexity index is 673. The Morgan fingerprint density at radius 3 is 2.54 bits per heavy atom. The van der Waals surface area contributed by atoms with Crippen molar-refractivity contribution in [3.8, 4) is 0 Å². The summed E-state index contributed by atoms with van der Waals surface area (Å²) in [6, 6.07) is 2.74. The molecule has 0 saturated carbocycles. The molecule has 142 valence electrons. The van der Waals surface area contributed by atoms with Crippen LogP contribution in [0, 0.1) is 17.6 Å². The fourth-order valence-corrected chi connectivity index (χ4v) is 2.90. The summed E-state index contributed by atoms with van der Waals surface area (Å²) >= 11 is 0. The van der Waals surface area contributed by atoms with E-state index >= 15 is 0 Å². The number of esters is 1. The Morgan fingerprint density at radius 2 is 1.92 bits per heavy atom. The van der Waals surface area contributed by atoms with Gasteiger partial charge >= 0.3 is 5.97 Å². The average Bonchev–Trinajstić information content (AvgIpc) is 2.64. The molecule has 0 atom stereocenters. The standard InChI is InChI=1S/C18H22F2N2O4/c1-26-18(25)12-6-9-22(10-7-12)16(23)3-2-8-21-17(24)14-5-4-13(19)11-15(14)20/h4-5,11-12H,2-3,6-10H2,1H3,(H,21,24). The number of hydrogen-bond acceptors (Lipinski definition) is 4. The second kappa shape index (κ2) is 9.26. The van der Waals surface area contributed by atoms with Crippen LogP contribution in [0.2, 0.25) is 0 Å². The largest absolute Gasteiger partial charge is 0.469 e. The molecule has 0 aromatic heterocycles. The Balaban J connectivity index is 1.69. The maximum Gasteiger partial charge on any atom is 0.308 e. The maximum absolute atomic E-state index is 13.5. The zero-order chi connectivity index (χ0) is 19.1. The van der Waals surface area contributed by atoms with Crippen molar-refractivity contribution in [2.75, 3.05) is 26.7 Å². The number of methoxy groups -OCH3 is 1. The van der Waals surface area contributed by atoms with Crippen molar-refractivity contribution in [2.45, 2.75) is 25.7 Å². The lowest BCUT2D eigenvalue weighted by Gasteiger charge is -2.30. The van der Waals surface area contributed by atoms with E-state index in [0.717, 1.165) is 12.1 Å². The van der Waals surface area contributed by atoms with Gasteiger partial charge < -0.3 is 15.0 Å². The number of carbonyl (C=O) groups is 3. The molecule has 1 aromatic rings. The SMILES string of the molecule is COC(=O)C1CCN(C(=O)CCCNC(=O)c2ccc(F)cc2F)CC1. The molecule has 1 N–H and O–H groups in total. The van der Waals surface area contributed by atoms with Gasteiger partial charge in [-0.15, -0.1) is 0 Å². The Hall–Kier alpha value is -2.51. The number of amides is 2. The van der Waals surface area contributed by atoms with Crippen LogP contribution in [0.4, 0.5) is 8.78 Å². The smallest absolute Gasteiger partial charge is 0.308 e. The maximum atomic E-state index is 13.5. The number of ether oxygens (including phenoxy) is 1. The van der Waals surface area contributed by atoms with E-state index in [1.165, 1.54) is 7.11 Å². The quantitative estimate of drug-likeness (QED) is 0.615. The third-order valence-corrected chi connectivity index (χ3v) is 4.41. The van der Waals surface area contributed by atoms with Crippen LogP contribution >= 0.6 is 0 Å². The summed E-state index contributed by atoms with van der Waals surface area (Å²) in [5.41, 5.74) is -0.234. The summed E-state index contributed by atoms with van der Waals surface area (Å²) in [5.74, 6) is -2.76. The zero-order valence-electron chi connectivity index (χ0n) is 14.6. The van der Waals surface area contributed by atoms with E-state index in [9.17, 15) is 23.2 Å². The van der Waals surface area contributed by atoms with Gasteiger partial charge in [-0.1, -0.05) is 0 Å². The molecule has 1 aliphatic heterocycles. The van der Waals surface area contributed by atoms with Gasteiger partial charge in [0.1, 0.15) is 11.6 Å². The lowest BCUT2D eigenvalue weighted by molar-refractivity contribution is -0.148. The molecule has 2 amide bonds. The number of rotatable bonds is 6. The summed E-state index contributed by atoms with van der Waals surface area (Å²) in [6.45, 7) is 1.22. The highest BCUT2D eigenvalue weighted by Crippen LogP contribution is 2.19. The highest BCUT2D eigenvalue weighted by molar-refractivity contribution is 5.94. The minimum atomic E-state index is -0.924. The van der Waals surface area contributed by atoms with Crippen LogP contribution in [0.15, 0.2) is 18.2 Å². The number of likely N-dealkylation sites (tertiary alicyclic amines) is 1. The van der Waals surface area contributed by atoms with Crippen molar-refractivity contribution in [3.63, 3.8) is 0 Å². The summed E-state index contributed by atoms with van der Waals surface area (Å²) in [6.07, 6.45) is 1.82. The van der Waals surface area contributed by atoms with Gasteiger partial charge in [0.2, 0.25) is 5.91 Å². The number of nitrogens with one attached hydrogen (secondary N) is 1. The Labute approximate surface area is 150 Å². The third-order valence-electron chi connectivity index (χ3n) is 4.41. The highest BCUT2D eigenvalue weighted by Gasteiger charge is 2.27. The topological polar surface area (TPSA) is 75.7 Å². The lowest BCUT2D eigenvalue weighted by Crippen LogP contribution is -2.40. The predicted molar refractivity (Wildman–Crippen MR) is 89.2 cm³/mol. The second-order valence-electron chi connectivity index (χ2n) is 6.16. The molecular formula is C18H22F2N2O4. The normalized spacial score (nSPS) is 14.8. The van der Waals surface area contributed by atoms with Crippen molar-refractivity contribution in [3.05, 3.63) is 35.4 Å². The van der Waals surface area contributed by atoms with Crippen LogP contribution in [0.5, 0.6) is 0 Å². The van der Waals surface area contributed by atoms with Gasteiger partial charge in [0, 0.05) is 32.1 Å². The van der Waals surface area contributed by atoms with Crippen LogP contribution in [-0.2, 0) is 14.3 Å². The van der Waals surface area contributed by atoms with Gasteiger partial charge in [-0.25, -0.2) is 8.78 Å². The first-order valence-corrected chi connectivity index (χ1v) is 8.51. The Kier molecular flexibility index (Phi) is 7.06. The molecule has 1 heterocycles. The van der Waals surface area contributed by atoms with Crippen molar-refractivity contribution in [1.29, 1.82) is 0 Å². The first kappa shape index (κ1) is 19.8. The van der Waals surface area contributed by atoms with Gasteiger partial charge in [-0.3, -0.25) is 14.4 Å². The van der Waals surface area contributed by atoms with Crippen molar-refractivity contribution in [2.24, 2.45) is 5.92 Å². The van der Waals surface area contributed by atoms with Crippen LogP contribution in [-0.4, -0.2) is 49.4 Å². The molecule has 0 radical (unpaired) electrons. The Morgan fingerprint density at radius 1 is 1.23 bits per heavy atom. The van der Waals surface area contributed by atoms with E-state index in [-0.39, 0.29) is 36.3 Å². The van der Waals surface area contributed by atoms with Gasteiger partial charge in [0.25, 0.3) is 5.91 Å². The minimum Gasteiger partial charge on any atom is -0.469 e. The summed E-state index contributed by atoms with van der Waals surface area (Å²) in [5, 5.41) is 2.51. The number of nitrogens with zero attached hydrogens (tertiary/aromatic N) is 1. The molecule has 1 saturated heterocycles. The van der Waals surface area contributed by atoms with Crippen LogP contribution in [0.1, 0.15) is 36.0 Å². The number of halogens is 2. The molecule has 1 aromatic carbocycles. The molecule has 26 heavy (non-hydrogen) atoms. The van der Waals surface area contributed by atoms with Crippen molar-refractivity contribution >= 4 is 17.8 Å². The van der Waals surface area contributed by atoms with Gasteiger partial charge in [-0.2, -0.15) is 0 Å². The molecule has 0 bridgehead atoms. The van der Waals surface area contributed by atoms with E-state index < -0.39 is 17.5 Å². The molecular weight excluding hydrogens is 346 g/mol. The molecule has 8 heteroatoms. The molecule has 1 fully saturated rings. The lowest BCUT2D eigenvalue weighted by atomic mass is 9.97. The van der Waals surface area contributed by atoms with Gasteiger partial charge in [0.15, 0.2) is 0 Å². The fraction of sp³-hybridized carbons (Fsp3) is 0.500. The van der Waals surface area contributed by atoms with Gasteiger partial charge in [-0.05, 0) is 31.4 Å². The van der Waals surface area contributed by atoms with E-state index in [4.69, 9.17) is 4.74 Å². The number of piperidine rings is 1. The van der Waals surface area contributed by atoms with E-state index in [0.29, 0.717) is 38.4 Å². The summed E-state index contributed by atoms with van der Waals surface area (Å²) < 4.78 is 31.0.